The summed E-state index contributed by atoms with van der Waals surface area (Å²) in [5.74, 6) is 0.247. The molecule has 0 aliphatic carbocycles. The predicted molar refractivity (Wildman–Crippen MR) is 119 cm³/mol. The number of benzene rings is 3. The number of ether oxygens (including phenoxy) is 1. The van der Waals surface area contributed by atoms with E-state index in [2.05, 4.69) is 9.97 Å². The van der Waals surface area contributed by atoms with Crippen LogP contribution in [0.1, 0.15) is 16.8 Å². The average molecular weight is 428 g/mol. The van der Waals surface area contributed by atoms with Crippen LogP contribution in [0.2, 0.25) is 0 Å². The molecule has 4 rings (SSSR count). The van der Waals surface area contributed by atoms with E-state index < -0.39 is 9.85 Å². The maximum Gasteiger partial charge on any atom is 0.270 e. The molecule has 0 saturated heterocycles. The van der Waals surface area contributed by atoms with Gasteiger partial charge in [-0.15, -0.1) is 0 Å². The molecule has 0 fully saturated rings. The molecule has 0 unspecified atom stereocenters. The Labute approximate surface area is 181 Å². The van der Waals surface area contributed by atoms with Crippen molar-refractivity contribution in [2.45, 2.75) is 6.61 Å². The molecule has 0 amide bonds. The number of hydrogen-bond acceptors (Lipinski definition) is 7. The summed E-state index contributed by atoms with van der Waals surface area (Å²) in [5.41, 5.74) is 2.92. The second-order valence-corrected chi connectivity index (χ2v) is 6.80. The van der Waals surface area contributed by atoms with Crippen LogP contribution < -0.4 is 4.74 Å². The van der Waals surface area contributed by atoms with E-state index in [4.69, 9.17) is 4.74 Å². The molecule has 0 aliphatic rings. The van der Waals surface area contributed by atoms with Gasteiger partial charge < -0.3 is 4.74 Å². The van der Waals surface area contributed by atoms with Gasteiger partial charge in [0.1, 0.15) is 12.3 Å². The lowest BCUT2D eigenvalue weighted by Crippen LogP contribution is -2.02. The number of nitro groups is 2. The maximum absolute atomic E-state index is 11.0. The van der Waals surface area contributed by atoms with Crippen molar-refractivity contribution < 1.29 is 14.6 Å². The van der Waals surface area contributed by atoms with Crippen LogP contribution in [-0.4, -0.2) is 19.8 Å². The van der Waals surface area contributed by atoms with Gasteiger partial charge >= 0.3 is 0 Å². The Morgan fingerprint density at radius 3 is 2.16 bits per heavy atom. The summed E-state index contributed by atoms with van der Waals surface area (Å²) in [6.45, 7) is 0.0619. The minimum atomic E-state index is -0.466. The summed E-state index contributed by atoms with van der Waals surface area (Å²) in [4.78, 5) is 30.2. The molecule has 1 aromatic heterocycles. The van der Waals surface area contributed by atoms with Gasteiger partial charge in [0.25, 0.3) is 11.4 Å². The zero-order chi connectivity index (χ0) is 22.5. The molecule has 0 N–H and O–H groups in total. The standard InChI is InChI=1S/C23H16N4O5/c28-26(29)18-7-3-5-16(13-18)11-12-22-23(25-21-10-2-1-9-20(21)24-22)32-15-17-6-4-8-19(14-17)27(30)31/h1-14H,15H2. The summed E-state index contributed by atoms with van der Waals surface area (Å²) in [6, 6.07) is 19.7. The Bertz CT molecular complexity index is 1350. The summed E-state index contributed by atoms with van der Waals surface area (Å²) < 4.78 is 5.86. The lowest BCUT2D eigenvalue weighted by Gasteiger charge is -2.09. The highest BCUT2D eigenvalue weighted by Crippen LogP contribution is 2.23. The lowest BCUT2D eigenvalue weighted by atomic mass is 10.1. The van der Waals surface area contributed by atoms with E-state index in [0.717, 1.165) is 0 Å². The van der Waals surface area contributed by atoms with Crippen LogP contribution in [0.25, 0.3) is 23.2 Å². The van der Waals surface area contributed by atoms with Gasteiger partial charge in [0.15, 0.2) is 0 Å². The molecule has 32 heavy (non-hydrogen) atoms. The lowest BCUT2D eigenvalue weighted by molar-refractivity contribution is -0.385. The molecular formula is C23H16N4O5. The molecule has 9 nitrogen and oxygen atoms in total. The third-order valence-electron chi connectivity index (χ3n) is 4.58. The topological polar surface area (TPSA) is 121 Å². The first-order chi connectivity index (χ1) is 15.5. The minimum absolute atomic E-state index is 0.0149. The number of aromatic nitrogens is 2. The minimum Gasteiger partial charge on any atom is -0.471 e. The highest BCUT2D eigenvalue weighted by Gasteiger charge is 2.11. The van der Waals surface area contributed by atoms with Crippen molar-refractivity contribution in [1.82, 2.24) is 9.97 Å². The quantitative estimate of drug-likeness (QED) is 0.293. The first-order valence-electron chi connectivity index (χ1n) is 9.55. The Morgan fingerprint density at radius 1 is 0.781 bits per heavy atom. The van der Waals surface area contributed by atoms with E-state index >= 15 is 0 Å². The smallest absolute Gasteiger partial charge is 0.270 e. The Kier molecular flexibility index (Phi) is 5.80. The van der Waals surface area contributed by atoms with Gasteiger partial charge in [-0.05, 0) is 29.3 Å². The Hall–Kier alpha value is -4.66. The van der Waals surface area contributed by atoms with Crippen LogP contribution in [0, 0.1) is 20.2 Å². The molecule has 4 aromatic rings. The maximum atomic E-state index is 11.0. The van der Waals surface area contributed by atoms with Crippen molar-refractivity contribution >= 4 is 34.6 Å². The van der Waals surface area contributed by atoms with Gasteiger partial charge in [0.05, 0.1) is 20.9 Å². The van der Waals surface area contributed by atoms with Gasteiger partial charge in [-0.3, -0.25) is 20.2 Å². The fourth-order valence-electron chi connectivity index (χ4n) is 3.04. The SMILES string of the molecule is O=[N+]([O-])c1cccc(C=Cc2nc3ccccc3nc2OCc2cccc([N+](=O)[O-])c2)c1. The van der Waals surface area contributed by atoms with Crippen molar-refractivity contribution in [2.75, 3.05) is 0 Å². The second-order valence-electron chi connectivity index (χ2n) is 6.80. The van der Waals surface area contributed by atoms with Crippen molar-refractivity contribution in [1.29, 1.82) is 0 Å². The molecule has 158 valence electrons. The Morgan fingerprint density at radius 2 is 1.44 bits per heavy atom. The molecule has 0 spiro atoms. The zero-order valence-electron chi connectivity index (χ0n) is 16.6. The molecular weight excluding hydrogens is 412 g/mol. The van der Waals surface area contributed by atoms with E-state index in [9.17, 15) is 20.2 Å². The fraction of sp³-hybridized carbons (Fsp3) is 0.0435. The van der Waals surface area contributed by atoms with E-state index in [-0.39, 0.29) is 23.9 Å². The summed E-state index contributed by atoms with van der Waals surface area (Å²) in [7, 11) is 0. The molecule has 3 aromatic carbocycles. The van der Waals surface area contributed by atoms with E-state index in [1.165, 1.54) is 24.3 Å². The van der Waals surface area contributed by atoms with Gasteiger partial charge in [0.2, 0.25) is 5.88 Å². The van der Waals surface area contributed by atoms with Crippen LogP contribution in [0.5, 0.6) is 5.88 Å². The zero-order valence-corrected chi connectivity index (χ0v) is 16.6. The third-order valence-corrected chi connectivity index (χ3v) is 4.58. The Balaban J connectivity index is 1.66. The first kappa shape index (κ1) is 20.6. The summed E-state index contributed by atoms with van der Waals surface area (Å²) in [5, 5.41) is 22.0. The van der Waals surface area contributed by atoms with Crippen molar-refractivity contribution in [2.24, 2.45) is 0 Å². The molecule has 1 heterocycles. The number of para-hydroxylation sites is 2. The van der Waals surface area contributed by atoms with Crippen molar-refractivity contribution in [3.8, 4) is 5.88 Å². The molecule has 9 heteroatoms. The molecule has 0 aliphatic heterocycles. The predicted octanol–water partition coefficient (Wildman–Crippen LogP) is 5.20. The van der Waals surface area contributed by atoms with E-state index in [0.29, 0.717) is 27.9 Å². The molecule has 0 atom stereocenters. The van der Waals surface area contributed by atoms with Crippen LogP contribution >= 0.6 is 0 Å². The van der Waals surface area contributed by atoms with Gasteiger partial charge in [0, 0.05) is 24.3 Å². The summed E-state index contributed by atoms with van der Waals surface area (Å²) >= 11 is 0. The average Bonchev–Trinajstić information content (AvgIpc) is 2.81. The van der Waals surface area contributed by atoms with E-state index in [1.54, 1.807) is 42.5 Å². The number of non-ortho nitro benzene ring substituents is 2. The van der Waals surface area contributed by atoms with Crippen molar-refractivity contribution in [3.05, 3.63) is 110 Å². The van der Waals surface area contributed by atoms with Crippen LogP contribution in [0.4, 0.5) is 11.4 Å². The van der Waals surface area contributed by atoms with Crippen LogP contribution in [-0.2, 0) is 6.61 Å². The van der Waals surface area contributed by atoms with Crippen molar-refractivity contribution in [3.63, 3.8) is 0 Å². The van der Waals surface area contributed by atoms with Crippen LogP contribution in [0.15, 0.2) is 72.8 Å². The van der Waals surface area contributed by atoms with Crippen LogP contribution in [0.3, 0.4) is 0 Å². The molecule has 0 bridgehead atoms. The highest BCUT2D eigenvalue weighted by atomic mass is 16.6. The third kappa shape index (κ3) is 4.73. The second kappa shape index (κ2) is 9.00. The number of fused-ring (bicyclic) bond motifs is 1. The van der Waals surface area contributed by atoms with Gasteiger partial charge in [-0.2, -0.15) is 0 Å². The van der Waals surface area contributed by atoms with Gasteiger partial charge in [-0.25, -0.2) is 9.97 Å². The normalized spacial score (nSPS) is 11.0. The van der Waals surface area contributed by atoms with Gasteiger partial charge in [-0.1, -0.05) is 42.5 Å². The monoisotopic (exact) mass is 428 g/mol. The summed E-state index contributed by atoms with van der Waals surface area (Å²) in [6.07, 6.45) is 3.35. The highest BCUT2D eigenvalue weighted by molar-refractivity contribution is 5.79. The molecule has 0 radical (unpaired) electrons. The number of nitrogens with zero attached hydrogens (tertiary/aromatic N) is 4. The first-order valence-corrected chi connectivity index (χ1v) is 9.55. The largest absolute Gasteiger partial charge is 0.471 e. The number of nitro benzene ring substituents is 2. The number of rotatable bonds is 7. The number of hydrogen-bond donors (Lipinski definition) is 0. The fourth-order valence-corrected chi connectivity index (χ4v) is 3.04. The van der Waals surface area contributed by atoms with E-state index in [1.807, 2.05) is 18.2 Å². The molecule has 0 saturated carbocycles.